The fourth-order valence-corrected chi connectivity index (χ4v) is 4.04. The van der Waals surface area contributed by atoms with Crippen molar-refractivity contribution in [3.8, 4) is 0 Å². The number of ether oxygens (including phenoxy) is 1. The molecule has 2 atom stereocenters. The highest BCUT2D eigenvalue weighted by Gasteiger charge is 2.57. The first kappa shape index (κ1) is 15.1. The van der Waals surface area contributed by atoms with Crippen LogP contribution in [-0.2, 0) is 20.9 Å². The third kappa shape index (κ3) is 2.65. The molecule has 3 saturated heterocycles. The number of rotatable bonds is 3. The Bertz CT molecular complexity index is 603. The summed E-state index contributed by atoms with van der Waals surface area (Å²) in [5.74, 6) is 0.362. The summed E-state index contributed by atoms with van der Waals surface area (Å²) in [6.07, 6.45) is 0.921. The monoisotopic (exact) mass is 317 g/mol. The molecule has 0 bridgehead atoms. The first-order chi connectivity index (χ1) is 11.2. The van der Waals surface area contributed by atoms with Gasteiger partial charge in [0.05, 0.1) is 37.5 Å². The molecule has 3 fully saturated rings. The normalized spacial score (nSPS) is 30.8. The summed E-state index contributed by atoms with van der Waals surface area (Å²) in [5, 5.41) is 1.57. The van der Waals surface area contributed by atoms with Crippen LogP contribution in [0.4, 0.5) is 0 Å². The molecule has 0 saturated carbocycles. The molecule has 0 aliphatic carbocycles. The molecule has 4 rings (SSSR count). The molecule has 4 heterocycles. The molecule has 23 heavy (non-hydrogen) atoms. The van der Waals surface area contributed by atoms with E-state index in [9.17, 15) is 4.79 Å². The second-order valence-corrected chi connectivity index (χ2v) is 6.90. The fraction of sp³-hybridized carbons (Fsp3) is 0.647. The zero-order valence-electron chi connectivity index (χ0n) is 13.5. The van der Waals surface area contributed by atoms with Crippen molar-refractivity contribution in [1.82, 2.24) is 14.9 Å². The maximum Gasteiger partial charge on any atom is 0.256 e. The number of hydroxylamine groups is 2. The summed E-state index contributed by atoms with van der Waals surface area (Å²) < 4.78 is 5.67. The fourth-order valence-electron chi connectivity index (χ4n) is 4.04. The van der Waals surface area contributed by atoms with Crippen molar-refractivity contribution in [2.45, 2.75) is 19.9 Å². The minimum absolute atomic E-state index is 0.109. The molecular formula is C17H23N3O3. The maximum atomic E-state index is 13.0. The Morgan fingerprint density at radius 1 is 1.48 bits per heavy atom. The lowest BCUT2D eigenvalue weighted by Gasteiger charge is -2.29. The molecule has 3 aliphatic rings. The predicted octanol–water partition coefficient (Wildman–Crippen LogP) is 1.00. The van der Waals surface area contributed by atoms with Crippen LogP contribution < -0.4 is 0 Å². The van der Waals surface area contributed by atoms with Crippen LogP contribution in [0.15, 0.2) is 18.2 Å². The van der Waals surface area contributed by atoms with E-state index in [1.807, 2.05) is 19.1 Å². The lowest BCUT2D eigenvalue weighted by Crippen LogP contribution is -2.47. The molecule has 1 amide bonds. The van der Waals surface area contributed by atoms with Gasteiger partial charge in [-0.05, 0) is 25.5 Å². The van der Waals surface area contributed by atoms with Crippen molar-refractivity contribution in [2.75, 3.05) is 39.5 Å². The van der Waals surface area contributed by atoms with Gasteiger partial charge in [-0.25, -0.2) is 5.06 Å². The van der Waals surface area contributed by atoms with Gasteiger partial charge in [0.15, 0.2) is 0 Å². The lowest BCUT2D eigenvalue weighted by atomic mass is 9.80. The highest BCUT2D eigenvalue weighted by atomic mass is 16.7. The quantitative estimate of drug-likeness (QED) is 0.832. The van der Waals surface area contributed by atoms with E-state index in [0.29, 0.717) is 26.4 Å². The molecule has 0 unspecified atom stereocenters. The Morgan fingerprint density at radius 2 is 2.39 bits per heavy atom. The van der Waals surface area contributed by atoms with Crippen LogP contribution in [0.2, 0.25) is 0 Å². The lowest BCUT2D eigenvalue weighted by molar-refractivity contribution is -0.181. The maximum absolute atomic E-state index is 13.0. The van der Waals surface area contributed by atoms with E-state index in [2.05, 4.69) is 16.0 Å². The second kappa shape index (κ2) is 5.85. The van der Waals surface area contributed by atoms with Crippen molar-refractivity contribution in [1.29, 1.82) is 0 Å². The number of likely N-dealkylation sites (tertiary alicyclic amines) is 1. The van der Waals surface area contributed by atoms with Gasteiger partial charge in [0, 0.05) is 31.2 Å². The molecular weight excluding hydrogens is 294 g/mol. The van der Waals surface area contributed by atoms with E-state index in [4.69, 9.17) is 9.57 Å². The van der Waals surface area contributed by atoms with E-state index in [1.165, 1.54) is 0 Å². The van der Waals surface area contributed by atoms with Gasteiger partial charge in [-0.2, -0.15) is 0 Å². The number of amides is 1. The van der Waals surface area contributed by atoms with Gasteiger partial charge in [0.25, 0.3) is 5.91 Å². The van der Waals surface area contributed by atoms with Crippen LogP contribution in [0.25, 0.3) is 0 Å². The summed E-state index contributed by atoms with van der Waals surface area (Å²) in [6, 6.07) is 6.10. The summed E-state index contributed by atoms with van der Waals surface area (Å²) in [4.78, 5) is 25.4. The molecule has 0 spiro atoms. The largest absolute Gasteiger partial charge is 0.380 e. The summed E-state index contributed by atoms with van der Waals surface area (Å²) in [5.41, 5.74) is 1.65. The summed E-state index contributed by atoms with van der Waals surface area (Å²) >= 11 is 0. The van der Waals surface area contributed by atoms with Gasteiger partial charge in [-0.3, -0.25) is 19.5 Å². The van der Waals surface area contributed by atoms with E-state index in [1.54, 1.807) is 5.06 Å². The van der Waals surface area contributed by atoms with Gasteiger partial charge >= 0.3 is 0 Å². The van der Waals surface area contributed by atoms with Crippen molar-refractivity contribution < 1.29 is 14.4 Å². The highest BCUT2D eigenvalue weighted by molar-refractivity contribution is 5.83. The number of carbonyl (C=O) groups excluding carboxylic acids is 1. The number of hydrogen-bond donors (Lipinski definition) is 0. The number of carbonyl (C=O) groups is 1. The molecule has 0 radical (unpaired) electrons. The summed E-state index contributed by atoms with van der Waals surface area (Å²) in [7, 11) is 0. The van der Waals surface area contributed by atoms with Crippen molar-refractivity contribution >= 4 is 5.91 Å². The number of nitrogens with zero attached hydrogens (tertiary/aromatic N) is 3. The molecule has 6 nitrogen and oxygen atoms in total. The Hall–Kier alpha value is -1.50. The molecule has 124 valence electrons. The Morgan fingerprint density at radius 3 is 3.17 bits per heavy atom. The smallest absolute Gasteiger partial charge is 0.256 e. The highest BCUT2D eigenvalue weighted by Crippen LogP contribution is 2.43. The minimum atomic E-state index is -0.436. The van der Waals surface area contributed by atoms with Crippen LogP contribution in [0, 0.1) is 18.3 Å². The van der Waals surface area contributed by atoms with Crippen molar-refractivity contribution in [3.05, 3.63) is 29.6 Å². The number of aryl methyl sites for hydroxylation is 1. The zero-order chi connectivity index (χ0) is 15.9. The third-order valence-corrected chi connectivity index (χ3v) is 5.18. The zero-order valence-corrected chi connectivity index (χ0v) is 13.5. The summed E-state index contributed by atoms with van der Waals surface area (Å²) in [6.45, 7) is 6.92. The van der Waals surface area contributed by atoms with Crippen LogP contribution in [-0.4, -0.2) is 60.3 Å². The molecule has 0 aromatic carbocycles. The van der Waals surface area contributed by atoms with Gasteiger partial charge in [-0.1, -0.05) is 6.07 Å². The van der Waals surface area contributed by atoms with E-state index >= 15 is 0 Å². The molecule has 1 aromatic rings. The van der Waals surface area contributed by atoms with Crippen LogP contribution >= 0.6 is 0 Å². The van der Waals surface area contributed by atoms with Gasteiger partial charge < -0.3 is 4.74 Å². The SMILES string of the molecule is Cc1cccc(CN2C[C@@H]3COC[C@]3(C(=O)N3CCCO3)C2)n1. The van der Waals surface area contributed by atoms with Crippen LogP contribution in [0.5, 0.6) is 0 Å². The molecule has 6 heteroatoms. The standard InChI is InChI=1S/C17H23N3O3/c1-13-4-2-5-15(18-13)9-19-8-14-10-22-12-17(14,11-19)16(21)20-6-3-7-23-20/h2,4-5,14H,3,6-12H2,1H3/t14-,17-/m1/s1. The van der Waals surface area contributed by atoms with Gasteiger partial charge in [0.1, 0.15) is 0 Å². The first-order valence-electron chi connectivity index (χ1n) is 8.35. The van der Waals surface area contributed by atoms with Gasteiger partial charge in [-0.15, -0.1) is 0 Å². The van der Waals surface area contributed by atoms with Crippen LogP contribution in [0.3, 0.4) is 0 Å². The van der Waals surface area contributed by atoms with E-state index in [-0.39, 0.29) is 11.8 Å². The Kier molecular flexibility index (Phi) is 3.83. The number of hydrogen-bond acceptors (Lipinski definition) is 5. The number of aromatic nitrogens is 1. The number of pyridine rings is 1. The average Bonchev–Trinajstić information content (AvgIpc) is 3.22. The van der Waals surface area contributed by atoms with Crippen LogP contribution in [0.1, 0.15) is 17.8 Å². The van der Waals surface area contributed by atoms with Crippen molar-refractivity contribution in [2.24, 2.45) is 11.3 Å². The topological polar surface area (TPSA) is 54.9 Å². The Labute approximate surface area is 136 Å². The molecule has 3 aliphatic heterocycles. The Balaban J connectivity index is 1.50. The number of fused-ring (bicyclic) bond motifs is 1. The molecule has 1 aromatic heterocycles. The first-order valence-corrected chi connectivity index (χ1v) is 8.35. The minimum Gasteiger partial charge on any atom is -0.380 e. The average molecular weight is 317 g/mol. The van der Waals surface area contributed by atoms with E-state index in [0.717, 1.165) is 37.4 Å². The van der Waals surface area contributed by atoms with Gasteiger partial charge in [0.2, 0.25) is 0 Å². The predicted molar refractivity (Wildman–Crippen MR) is 83.3 cm³/mol. The third-order valence-electron chi connectivity index (χ3n) is 5.18. The van der Waals surface area contributed by atoms with E-state index < -0.39 is 5.41 Å². The molecule has 0 N–H and O–H groups in total. The second-order valence-electron chi connectivity index (χ2n) is 6.90. The van der Waals surface area contributed by atoms with Crippen molar-refractivity contribution in [3.63, 3.8) is 0 Å².